The van der Waals surface area contributed by atoms with E-state index >= 15 is 0 Å². The number of methoxy groups -OCH3 is 2. The fraction of sp³-hybridized carbons (Fsp3) is 0.542. The highest BCUT2D eigenvalue weighted by atomic mass is 32.2. The summed E-state index contributed by atoms with van der Waals surface area (Å²) in [7, 11) is 3.12. The van der Waals surface area contributed by atoms with Crippen LogP contribution in [0.25, 0.3) is 0 Å². The number of amides is 1. The summed E-state index contributed by atoms with van der Waals surface area (Å²) in [6, 6.07) is 4.87. The van der Waals surface area contributed by atoms with Crippen LogP contribution in [0.3, 0.4) is 0 Å². The lowest BCUT2D eigenvalue weighted by Crippen LogP contribution is -2.45. The first-order valence-electron chi connectivity index (χ1n) is 11.2. The van der Waals surface area contributed by atoms with Gasteiger partial charge in [-0.1, -0.05) is 37.6 Å². The van der Waals surface area contributed by atoms with Gasteiger partial charge in [0.25, 0.3) is 0 Å². The minimum absolute atomic E-state index is 0.0777. The van der Waals surface area contributed by atoms with Crippen molar-refractivity contribution in [1.29, 1.82) is 0 Å². The number of carbonyl (C=O) groups excluding carboxylic acids is 2. The molecule has 1 aromatic carbocycles. The molecule has 0 aliphatic carbocycles. The molecule has 1 fully saturated rings. The van der Waals surface area contributed by atoms with Crippen molar-refractivity contribution in [3.05, 3.63) is 35.0 Å². The van der Waals surface area contributed by atoms with Gasteiger partial charge in [0, 0.05) is 19.3 Å². The van der Waals surface area contributed by atoms with Crippen LogP contribution in [0.15, 0.2) is 34.5 Å². The molecule has 2 heterocycles. The van der Waals surface area contributed by atoms with E-state index in [0.29, 0.717) is 46.7 Å². The molecule has 1 amide bonds. The Bertz CT molecular complexity index is 930. The molecule has 1 saturated heterocycles. The molecule has 3 rings (SSSR count). The van der Waals surface area contributed by atoms with Gasteiger partial charge in [0.1, 0.15) is 6.61 Å². The van der Waals surface area contributed by atoms with Crippen LogP contribution in [-0.4, -0.2) is 61.7 Å². The van der Waals surface area contributed by atoms with E-state index in [4.69, 9.17) is 18.9 Å². The van der Waals surface area contributed by atoms with Gasteiger partial charge in [-0.3, -0.25) is 9.69 Å². The largest absolute Gasteiger partial charge is 0.493 e. The summed E-state index contributed by atoms with van der Waals surface area (Å²) in [5.74, 6) is 1.25. The number of unbranched alkanes of at least 4 members (excludes halogenated alkanes) is 2. The third-order valence-electron chi connectivity index (χ3n) is 5.46. The number of hydrogen-bond acceptors (Lipinski definition) is 8. The van der Waals surface area contributed by atoms with E-state index in [0.717, 1.165) is 24.8 Å². The summed E-state index contributed by atoms with van der Waals surface area (Å²) in [6.07, 6.45) is 3.55. The van der Waals surface area contributed by atoms with Crippen molar-refractivity contribution in [2.24, 2.45) is 4.99 Å². The number of amidine groups is 1. The molecule has 0 saturated carbocycles. The number of fused-ring (bicyclic) bond motifs is 1. The van der Waals surface area contributed by atoms with Crippen LogP contribution in [0.2, 0.25) is 0 Å². The van der Waals surface area contributed by atoms with Gasteiger partial charge in [-0.25, -0.2) is 9.79 Å². The Morgan fingerprint density at radius 2 is 2.00 bits per heavy atom. The Labute approximate surface area is 199 Å². The Morgan fingerprint density at radius 3 is 2.73 bits per heavy atom. The van der Waals surface area contributed by atoms with Crippen LogP contribution in [0, 0.1) is 0 Å². The molecule has 0 N–H and O–H groups in total. The Hall–Kier alpha value is -2.52. The number of hydrogen-bond donors (Lipinski definition) is 0. The molecular weight excluding hydrogens is 444 g/mol. The molecule has 0 aromatic heterocycles. The maximum absolute atomic E-state index is 13.1. The van der Waals surface area contributed by atoms with Crippen molar-refractivity contribution in [3.63, 3.8) is 0 Å². The average molecular weight is 477 g/mol. The van der Waals surface area contributed by atoms with Crippen molar-refractivity contribution in [1.82, 2.24) is 4.90 Å². The topological polar surface area (TPSA) is 86.7 Å². The van der Waals surface area contributed by atoms with Crippen molar-refractivity contribution in [2.75, 3.05) is 39.8 Å². The molecule has 0 bridgehead atoms. The van der Waals surface area contributed by atoms with E-state index in [-0.39, 0.29) is 19.1 Å². The van der Waals surface area contributed by atoms with Crippen molar-refractivity contribution in [3.8, 4) is 11.5 Å². The number of esters is 1. The molecule has 1 atom stereocenters. The van der Waals surface area contributed by atoms with Crippen LogP contribution in [0.5, 0.6) is 11.5 Å². The van der Waals surface area contributed by atoms with Crippen molar-refractivity contribution >= 4 is 28.8 Å². The maximum Gasteiger partial charge on any atom is 0.338 e. The molecule has 1 aromatic rings. The summed E-state index contributed by atoms with van der Waals surface area (Å²) in [4.78, 5) is 32.2. The number of aliphatic imine (C=N–C) groups is 1. The van der Waals surface area contributed by atoms with E-state index in [1.165, 1.54) is 11.8 Å². The van der Waals surface area contributed by atoms with Crippen LogP contribution in [-0.2, 0) is 19.1 Å². The number of carbonyl (C=O) groups is 2. The first-order valence-corrected chi connectivity index (χ1v) is 12.2. The molecule has 0 unspecified atom stereocenters. The van der Waals surface area contributed by atoms with Crippen LogP contribution in [0.1, 0.15) is 51.1 Å². The number of allylic oxidation sites excluding steroid dienone is 1. The maximum atomic E-state index is 13.1. The summed E-state index contributed by atoms with van der Waals surface area (Å²) in [6.45, 7) is 4.91. The first kappa shape index (κ1) is 25.1. The predicted octanol–water partition coefficient (Wildman–Crippen LogP) is 4.10. The van der Waals surface area contributed by atoms with E-state index < -0.39 is 12.0 Å². The lowest BCUT2D eigenvalue weighted by molar-refractivity contribution is -0.141. The normalized spacial score (nSPS) is 18.1. The second kappa shape index (κ2) is 12.1. The summed E-state index contributed by atoms with van der Waals surface area (Å²) >= 11 is 1.51. The van der Waals surface area contributed by atoms with Crippen LogP contribution < -0.4 is 9.47 Å². The monoisotopic (exact) mass is 476 g/mol. The molecule has 0 spiro atoms. The lowest BCUT2D eigenvalue weighted by atomic mass is 9.94. The zero-order chi connectivity index (χ0) is 23.8. The second-order valence-electron chi connectivity index (χ2n) is 7.75. The fourth-order valence-corrected chi connectivity index (χ4v) is 4.78. The zero-order valence-corrected chi connectivity index (χ0v) is 20.5. The van der Waals surface area contributed by atoms with Crippen molar-refractivity contribution in [2.45, 2.75) is 45.6 Å². The quantitative estimate of drug-likeness (QED) is 0.351. The highest BCUT2D eigenvalue weighted by Gasteiger charge is 2.42. The van der Waals surface area contributed by atoms with Gasteiger partial charge >= 0.3 is 5.97 Å². The standard InChI is InChI=1S/C24H32N2O6S/c1-5-6-7-11-31-18-9-8-17(15-19(18)30-4)22-21(23(28)32-13-12-29-3)16(2)25-24-26(22)20(27)10-14-33-24/h8-9,15,22H,5-7,10-14H2,1-4H3/t22-/m1/s1. The number of benzene rings is 1. The van der Waals surface area contributed by atoms with E-state index in [1.807, 2.05) is 18.2 Å². The molecule has 0 radical (unpaired) electrons. The predicted molar refractivity (Wildman–Crippen MR) is 128 cm³/mol. The first-order chi connectivity index (χ1) is 16.0. The third-order valence-corrected chi connectivity index (χ3v) is 6.41. The van der Waals surface area contributed by atoms with Crippen LogP contribution in [0.4, 0.5) is 0 Å². The molecule has 8 nitrogen and oxygen atoms in total. The van der Waals surface area contributed by atoms with Gasteiger partial charge in [-0.15, -0.1) is 0 Å². The molecule has 2 aliphatic heterocycles. The number of ether oxygens (including phenoxy) is 4. The smallest absolute Gasteiger partial charge is 0.338 e. The Balaban J connectivity index is 1.97. The highest BCUT2D eigenvalue weighted by Crippen LogP contribution is 2.42. The molecule has 33 heavy (non-hydrogen) atoms. The minimum Gasteiger partial charge on any atom is -0.493 e. The second-order valence-corrected chi connectivity index (χ2v) is 8.81. The zero-order valence-electron chi connectivity index (χ0n) is 19.7. The number of thioether (sulfide) groups is 1. The van der Waals surface area contributed by atoms with E-state index in [1.54, 1.807) is 26.0 Å². The Morgan fingerprint density at radius 1 is 1.18 bits per heavy atom. The SMILES string of the molecule is CCCCCOc1ccc([C@@H]2C(C(=O)OCCOC)=C(C)N=C3SCCC(=O)N32)cc1OC. The third kappa shape index (κ3) is 5.89. The average Bonchev–Trinajstić information content (AvgIpc) is 2.81. The van der Waals surface area contributed by atoms with Gasteiger partial charge in [0.05, 0.1) is 37.6 Å². The summed E-state index contributed by atoms with van der Waals surface area (Å²) in [5.41, 5.74) is 1.60. The van der Waals surface area contributed by atoms with Crippen molar-refractivity contribution < 1.29 is 28.5 Å². The molecule has 2 aliphatic rings. The van der Waals surface area contributed by atoms with Crippen LogP contribution >= 0.6 is 11.8 Å². The minimum atomic E-state index is -0.657. The van der Waals surface area contributed by atoms with E-state index in [2.05, 4.69) is 11.9 Å². The van der Waals surface area contributed by atoms with E-state index in [9.17, 15) is 9.59 Å². The fourth-order valence-electron chi connectivity index (χ4n) is 3.78. The molecular formula is C24H32N2O6S. The highest BCUT2D eigenvalue weighted by molar-refractivity contribution is 8.14. The van der Waals surface area contributed by atoms with Gasteiger partial charge in [-0.2, -0.15) is 0 Å². The van der Waals surface area contributed by atoms with Gasteiger partial charge in [0.2, 0.25) is 5.91 Å². The van der Waals surface area contributed by atoms with Gasteiger partial charge in [-0.05, 0) is 31.0 Å². The molecule has 9 heteroatoms. The Kier molecular flexibility index (Phi) is 9.20. The molecule has 180 valence electrons. The van der Waals surface area contributed by atoms with Gasteiger partial charge in [0.15, 0.2) is 16.7 Å². The lowest BCUT2D eigenvalue weighted by Gasteiger charge is -2.39. The summed E-state index contributed by atoms with van der Waals surface area (Å²) < 4.78 is 21.9. The number of nitrogens with zero attached hydrogens (tertiary/aromatic N) is 2. The number of rotatable bonds is 11. The summed E-state index contributed by atoms with van der Waals surface area (Å²) in [5, 5.41) is 0.598. The van der Waals surface area contributed by atoms with Gasteiger partial charge < -0.3 is 18.9 Å².